The van der Waals surface area contributed by atoms with Gasteiger partial charge in [0.25, 0.3) is 0 Å². The number of phenolic OH excluding ortho intramolecular Hbond substituents is 1. The molecule has 0 bridgehead atoms. The Morgan fingerprint density at radius 3 is 3.07 bits per heavy atom. The second-order valence-electron chi connectivity index (χ2n) is 2.90. The van der Waals surface area contributed by atoms with Crippen molar-refractivity contribution in [1.29, 1.82) is 0 Å². The number of carbonyl (C=O) groups is 1. The van der Waals surface area contributed by atoms with Crippen molar-refractivity contribution in [3.8, 4) is 5.75 Å². The van der Waals surface area contributed by atoms with Crippen molar-refractivity contribution in [3.63, 3.8) is 0 Å². The van der Waals surface area contributed by atoms with E-state index in [0.717, 1.165) is 0 Å². The van der Waals surface area contributed by atoms with Crippen molar-refractivity contribution in [3.05, 3.63) is 29.0 Å². The summed E-state index contributed by atoms with van der Waals surface area (Å²) in [6, 6.07) is 3.24. The fourth-order valence-electron chi connectivity index (χ4n) is 1.37. The molecule has 72 valence electrons. The molecule has 2 aromatic rings. The molecule has 3 nitrogen and oxygen atoms in total. The molecular formula is C10H7ClO3. The zero-order valence-electron chi connectivity index (χ0n) is 7.16. The molecule has 0 unspecified atom stereocenters. The van der Waals surface area contributed by atoms with Gasteiger partial charge in [-0.15, -0.1) is 0 Å². The van der Waals surface area contributed by atoms with Crippen LogP contribution >= 0.6 is 11.6 Å². The Hall–Kier alpha value is -1.48. The largest absolute Gasteiger partial charge is 0.504 e. The average Bonchev–Trinajstić information content (AvgIpc) is 2.63. The van der Waals surface area contributed by atoms with Gasteiger partial charge < -0.3 is 14.3 Å². The Bertz CT molecular complexity index is 487. The molecule has 1 heterocycles. The lowest BCUT2D eigenvalue weighted by atomic mass is 10.1. The lowest BCUT2D eigenvalue weighted by molar-refractivity contribution is -0.107. The number of aromatic hydroxyl groups is 1. The molecule has 0 aliphatic heterocycles. The average molecular weight is 211 g/mol. The first kappa shape index (κ1) is 9.09. The van der Waals surface area contributed by atoms with E-state index in [1.165, 1.54) is 6.26 Å². The molecule has 1 N–H and O–H groups in total. The third-order valence-electron chi connectivity index (χ3n) is 2.05. The third-order valence-corrected chi connectivity index (χ3v) is 2.36. The van der Waals surface area contributed by atoms with Gasteiger partial charge in [0, 0.05) is 17.4 Å². The molecular weight excluding hydrogens is 204 g/mol. The van der Waals surface area contributed by atoms with Gasteiger partial charge in [0.2, 0.25) is 0 Å². The molecule has 14 heavy (non-hydrogen) atoms. The molecule has 0 aliphatic carbocycles. The van der Waals surface area contributed by atoms with Crippen molar-refractivity contribution in [2.45, 2.75) is 6.42 Å². The van der Waals surface area contributed by atoms with Gasteiger partial charge in [-0.05, 0) is 12.1 Å². The van der Waals surface area contributed by atoms with Crippen molar-refractivity contribution in [2.24, 2.45) is 0 Å². The molecule has 0 atom stereocenters. The number of hydrogen-bond donors (Lipinski definition) is 1. The highest BCUT2D eigenvalue weighted by atomic mass is 35.5. The molecule has 1 aromatic carbocycles. The maximum Gasteiger partial charge on any atom is 0.177 e. The molecule has 1 aromatic heterocycles. The lowest BCUT2D eigenvalue weighted by Crippen LogP contribution is -1.87. The van der Waals surface area contributed by atoms with Crippen molar-refractivity contribution in [2.75, 3.05) is 0 Å². The Morgan fingerprint density at radius 1 is 1.57 bits per heavy atom. The van der Waals surface area contributed by atoms with Crippen LogP contribution in [0.15, 0.2) is 22.8 Å². The van der Waals surface area contributed by atoms with Crippen LogP contribution < -0.4 is 0 Å². The van der Waals surface area contributed by atoms with Crippen molar-refractivity contribution in [1.82, 2.24) is 0 Å². The molecule has 0 saturated heterocycles. The zero-order chi connectivity index (χ0) is 10.1. The SMILES string of the molecule is O=CCc1cc(Cl)c2ccoc2c1O. The van der Waals surface area contributed by atoms with E-state index in [1.807, 2.05) is 0 Å². The number of hydrogen-bond acceptors (Lipinski definition) is 3. The molecule has 0 fully saturated rings. The number of rotatable bonds is 2. The van der Waals surface area contributed by atoms with Gasteiger partial charge in [-0.1, -0.05) is 11.6 Å². The van der Waals surface area contributed by atoms with Gasteiger partial charge >= 0.3 is 0 Å². The van der Waals surface area contributed by atoms with E-state index in [9.17, 15) is 9.90 Å². The lowest BCUT2D eigenvalue weighted by Gasteiger charge is -2.02. The normalized spacial score (nSPS) is 10.6. The number of phenols is 1. The van der Waals surface area contributed by atoms with Crippen LogP contribution in [0.3, 0.4) is 0 Å². The molecule has 0 spiro atoms. The smallest absolute Gasteiger partial charge is 0.177 e. The van der Waals surface area contributed by atoms with Gasteiger partial charge in [-0.25, -0.2) is 0 Å². The maximum absolute atomic E-state index is 10.3. The summed E-state index contributed by atoms with van der Waals surface area (Å²) in [5, 5.41) is 10.8. The number of benzene rings is 1. The minimum Gasteiger partial charge on any atom is -0.504 e. The van der Waals surface area contributed by atoms with Crippen LogP contribution in [0.4, 0.5) is 0 Å². The minimum atomic E-state index is -0.0125. The summed E-state index contributed by atoms with van der Waals surface area (Å²) in [6.45, 7) is 0. The summed E-state index contributed by atoms with van der Waals surface area (Å²) in [5.41, 5.74) is 0.807. The van der Waals surface area contributed by atoms with Gasteiger partial charge in [0.15, 0.2) is 11.3 Å². The van der Waals surface area contributed by atoms with Crippen LogP contribution in [0.2, 0.25) is 5.02 Å². The first-order chi connectivity index (χ1) is 6.74. The van der Waals surface area contributed by atoms with E-state index in [0.29, 0.717) is 27.8 Å². The topological polar surface area (TPSA) is 50.4 Å². The molecule has 4 heteroatoms. The highest BCUT2D eigenvalue weighted by Crippen LogP contribution is 2.34. The van der Waals surface area contributed by atoms with Crippen molar-refractivity contribution >= 4 is 28.9 Å². The van der Waals surface area contributed by atoms with Crippen LogP contribution in [0.5, 0.6) is 5.75 Å². The van der Waals surface area contributed by atoms with Crippen LogP contribution in [0, 0.1) is 0 Å². The minimum absolute atomic E-state index is 0.0125. The van der Waals surface area contributed by atoms with Crippen molar-refractivity contribution < 1.29 is 14.3 Å². The summed E-state index contributed by atoms with van der Waals surface area (Å²) >= 11 is 5.92. The van der Waals surface area contributed by atoms with E-state index in [2.05, 4.69) is 0 Å². The monoisotopic (exact) mass is 210 g/mol. The van der Waals surface area contributed by atoms with Crippen LogP contribution in [-0.4, -0.2) is 11.4 Å². The Balaban J connectivity index is 2.74. The van der Waals surface area contributed by atoms with E-state index < -0.39 is 0 Å². The Morgan fingerprint density at radius 2 is 2.36 bits per heavy atom. The zero-order valence-corrected chi connectivity index (χ0v) is 7.91. The molecule has 0 amide bonds. The second kappa shape index (κ2) is 3.35. The summed E-state index contributed by atoms with van der Waals surface area (Å²) in [6.07, 6.45) is 2.28. The molecule has 0 radical (unpaired) electrons. The quantitative estimate of drug-likeness (QED) is 0.775. The van der Waals surface area contributed by atoms with E-state index >= 15 is 0 Å². The van der Waals surface area contributed by atoms with E-state index in [-0.39, 0.29) is 12.2 Å². The summed E-state index contributed by atoms with van der Waals surface area (Å²) < 4.78 is 5.07. The van der Waals surface area contributed by atoms with Gasteiger partial charge in [0.1, 0.15) is 6.29 Å². The van der Waals surface area contributed by atoms with Crippen LogP contribution in [0.1, 0.15) is 5.56 Å². The highest BCUT2D eigenvalue weighted by Gasteiger charge is 2.12. The first-order valence-electron chi connectivity index (χ1n) is 4.05. The first-order valence-corrected chi connectivity index (χ1v) is 4.43. The number of carbonyl (C=O) groups excluding carboxylic acids is 1. The third kappa shape index (κ3) is 1.26. The van der Waals surface area contributed by atoms with Gasteiger partial charge in [-0.2, -0.15) is 0 Å². The molecule has 0 saturated carbocycles. The van der Waals surface area contributed by atoms with E-state index in [1.54, 1.807) is 12.1 Å². The van der Waals surface area contributed by atoms with Crippen LogP contribution in [0.25, 0.3) is 11.0 Å². The Kier molecular flexibility index (Phi) is 2.17. The standard InChI is InChI=1S/C10H7ClO3/c11-8-5-6(1-3-12)9(13)10-7(8)2-4-14-10/h2-5,13H,1H2. The number of aldehydes is 1. The molecule has 2 rings (SSSR count). The fraction of sp³-hybridized carbons (Fsp3) is 0.100. The van der Waals surface area contributed by atoms with Gasteiger partial charge in [-0.3, -0.25) is 0 Å². The maximum atomic E-state index is 10.3. The van der Waals surface area contributed by atoms with Gasteiger partial charge in [0.05, 0.1) is 11.3 Å². The summed E-state index contributed by atoms with van der Waals surface area (Å²) in [5.74, 6) is -0.0125. The highest BCUT2D eigenvalue weighted by molar-refractivity contribution is 6.35. The van der Waals surface area contributed by atoms with E-state index in [4.69, 9.17) is 16.0 Å². The summed E-state index contributed by atoms with van der Waals surface area (Å²) in [7, 11) is 0. The second-order valence-corrected chi connectivity index (χ2v) is 3.31. The predicted octanol–water partition coefficient (Wildman–Crippen LogP) is 2.53. The molecule has 0 aliphatic rings. The fourth-order valence-corrected chi connectivity index (χ4v) is 1.65. The number of fused-ring (bicyclic) bond motifs is 1. The van der Waals surface area contributed by atoms with Crippen LogP contribution in [-0.2, 0) is 11.2 Å². The Labute approximate surface area is 84.9 Å². The summed E-state index contributed by atoms with van der Waals surface area (Å²) in [4.78, 5) is 10.3. The predicted molar refractivity (Wildman–Crippen MR) is 52.7 cm³/mol. The number of furan rings is 1. The number of halogens is 1.